The minimum Gasteiger partial charge on any atom is -0.350 e. The van der Waals surface area contributed by atoms with Gasteiger partial charge in [-0.3, -0.25) is 0 Å². The summed E-state index contributed by atoms with van der Waals surface area (Å²) in [5, 5.41) is 24.3. The van der Waals surface area contributed by atoms with E-state index >= 15 is 0 Å². The smallest absolute Gasteiger partial charge is 0.223 e. The number of aromatic nitrogens is 2. The quantitative estimate of drug-likeness (QED) is 0.880. The molecule has 0 unspecified atom stereocenters. The number of rotatable bonds is 3. The van der Waals surface area contributed by atoms with Gasteiger partial charge in [-0.15, -0.1) is 0 Å². The first-order valence-electron chi connectivity index (χ1n) is 6.52. The lowest BCUT2D eigenvalue weighted by atomic mass is 10.1. The van der Waals surface area contributed by atoms with E-state index in [-0.39, 0.29) is 0 Å². The molecular weight excluding hydrogens is 264 g/mol. The molecule has 0 amide bonds. The second-order valence-corrected chi connectivity index (χ2v) is 4.76. The van der Waals surface area contributed by atoms with E-state index in [1.807, 2.05) is 6.20 Å². The highest BCUT2D eigenvalue weighted by molar-refractivity contribution is 5.43. The molecule has 6 nitrogen and oxygen atoms in total. The Kier molecular flexibility index (Phi) is 3.46. The van der Waals surface area contributed by atoms with Crippen molar-refractivity contribution in [2.45, 2.75) is 19.6 Å². The topological polar surface area (TPSA) is 97.4 Å². The fourth-order valence-electron chi connectivity index (χ4n) is 2.25. The summed E-state index contributed by atoms with van der Waals surface area (Å²) in [5.41, 5.74) is 3.94. The van der Waals surface area contributed by atoms with Gasteiger partial charge in [0, 0.05) is 31.4 Å². The Morgan fingerprint density at radius 3 is 2.62 bits per heavy atom. The zero-order valence-corrected chi connectivity index (χ0v) is 11.2. The van der Waals surface area contributed by atoms with Crippen molar-refractivity contribution in [3.05, 3.63) is 52.3 Å². The van der Waals surface area contributed by atoms with Crippen LogP contribution in [0.4, 0.5) is 5.95 Å². The van der Waals surface area contributed by atoms with Crippen LogP contribution < -0.4 is 10.6 Å². The lowest BCUT2D eigenvalue weighted by molar-refractivity contribution is 0.757. The molecule has 2 aromatic rings. The molecule has 0 bridgehead atoms. The van der Waals surface area contributed by atoms with Crippen LogP contribution in [0, 0.1) is 22.7 Å². The van der Waals surface area contributed by atoms with Crippen molar-refractivity contribution >= 4 is 5.95 Å². The third-order valence-corrected chi connectivity index (χ3v) is 3.26. The van der Waals surface area contributed by atoms with Crippen molar-refractivity contribution < 1.29 is 0 Å². The van der Waals surface area contributed by atoms with E-state index < -0.39 is 0 Å². The summed E-state index contributed by atoms with van der Waals surface area (Å²) in [4.78, 5) is 8.70. The molecule has 2 N–H and O–H groups in total. The Labute approximate surface area is 122 Å². The lowest BCUT2D eigenvalue weighted by Gasteiger charge is -2.07. The van der Waals surface area contributed by atoms with Crippen LogP contribution >= 0.6 is 0 Å². The average molecular weight is 276 g/mol. The van der Waals surface area contributed by atoms with E-state index in [0.717, 1.165) is 29.9 Å². The molecule has 0 radical (unpaired) electrons. The van der Waals surface area contributed by atoms with Gasteiger partial charge in [0.1, 0.15) is 0 Å². The van der Waals surface area contributed by atoms with Crippen LogP contribution in [0.15, 0.2) is 24.4 Å². The Hall–Kier alpha value is -2.96. The second-order valence-electron chi connectivity index (χ2n) is 4.76. The number of nitriles is 2. The summed E-state index contributed by atoms with van der Waals surface area (Å²) in [7, 11) is 0. The van der Waals surface area contributed by atoms with Crippen LogP contribution in [0.2, 0.25) is 0 Å². The van der Waals surface area contributed by atoms with Crippen LogP contribution in [0.5, 0.6) is 0 Å². The molecule has 0 saturated carbocycles. The number of benzene rings is 1. The molecule has 0 aliphatic carbocycles. The van der Waals surface area contributed by atoms with Gasteiger partial charge >= 0.3 is 0 Å². The van der Waals surface area contributed by atoms with Crippen LogP contribution in [0.1, 0.15) is 27.9 Å². The molecule has 1 aromatic heterocycles. The summed E-state index contributed by atoms with van der Waals surface area (Å²) in [6.45, 7) is 2.04. The third kappa shape index (κ3) is 2.81. The fraction of sp³-hybridized carbons (Fsp3) is 0.200. The van der Waals surface area contributed by atoms with Gasteiger partial charge in [0.2, 0.25) is 5.95 Å². The summed E-state index contributed by atoms with van der Waals surface area (Å²) in [6, 6.07) is 9.19. The number of nitrogens with zero attached hydrogens (tertiary/aromatic N) is 4. The predicted molar refractivity (Wildman–Crippen MR) is 75.8 cm³/mol. The van der Waals surface area contributed by atoms with Crippen LogP contribution in [-0.4, -0.2) is 9.97 Å². The highest BCUT2D eigenvalue weighted by Crippen LogP contribution is 2.15. The minimum atomic E-state index is 0.469. The van der Waals surface area contributed by atoms with Gasteiger partial charge in [-0.05, 0) is 23.8 Å². The highest BCUT2D eigenvalue weighted by Gasteiger charge is 2.12. The van der Waals surface area contributed by atoms with Gasteiger partial charge in [-0.1, -0.05) is 0 Å². The Morgan fingerprint density at radius 1 is 1.14 bits per heavy atom. The Morgan fingerprint density at radius 2 is 1.90 bits per heavy atom. The van der Waals surface area contributed by atoms with Crippen molar-refractivity contribution in [3.63, 3.8) is 0 Å². The molecule has 0 spiro atoms. The first kappa shape index (κ1) is 13.0. The number of anilines is 1. The first-order valence-corrected chi connectivity index (χ1v) is 6.52. The molecule has 1 aliphatic heterocycles. The summed E-state index contributed by atoms with van der Waals surface area (Å²) >= 11 is 0. The molecule has 21 heavy (non-hydrogen) atoms. The number of nitrogens with one attached hydrogen (secondary N) is 2. The van der Waals surface area contributed by atoms with E-state index in [1.54, 1.807) is 18.2 Å². The molecule has 1 aromatic carbocycles. The summed E-state index contributed by atoms with van der Waals surface area (Å²) in [5.74, 6) is 0.554. The normalized spacial score (nSPS) is 12.3. The Balaban J connectivity index is 1.76. The molecule has 102 valence electrons. The molecular formula is C15H12N6. The van der Waals surface area contributed by atoms with Crippen LogP contribution in [0.3, 0.4) is 0 Å². The molecule has 0 atom stereocenters. The predicted octanol–water partition coefficient (Wildman–Crippen LogP) is 1.44. The van der Waals surface area contributed by atoms with E-state index in [9.17, 15) is 0 Å². The van der Waals surface area contributed by atoms with Crippen molar-refractivity contribution in [2.75, 3.05) is 5.32 Å². The Bertz CT molecular complexity index is 736. The lowest BCUT2D eigenvalue weighted by Crippen LogP contribution is -2.06. The largest absolute Gasteiger partial charge is 0.350 e. The van der Waals surface area contributed by atoms with Gasteiger partial charge in [0.05, 0.1) is 29.0 Å². The van der Waals surface area contributed by atoms with Gasteiger partial charge in [-0.2, -0.15) is 10.5 Å². The van der Waals surface area contributed by atoms with Gasteiger partial charge in [0.25, 0.3) is 0 Å². The van der Waals surface area contributed by atoms with Crippen molar-refractivity contribution in [3.8, 4) is 12.1 Å². The zero-order valence-electron chi connectivity index (χ0n) is 11.2. The zero-order chi connectivity index (χ0) is 14.7. The fourth-order valence-corrected chi connectivity index (χ4v) is 2.25. The monoisotopic (exact) mass is 276 g/mol. The highest BCUT2D eigenvalue weighted by atomic mass is 15.1. The molecule has 6 heteroatoms. The number of hydrogen-bond acceptors (Lipinski definition) is 6. The van der Waals surface area contributed by atoms with Gasteiger partial charge in [0.15, 0.2) is 0 Å². The van der Waals surface area contributed by atoms with E-state index in [4.69, 9.17) is 10.5 Å². The number of hydrogen-bond donors (Lipinski definition) is 2. The first-order chi connectivity index (χ1) is 10.3. The average Bonchev–Trinajstić information content (AvgIpc) is 3.00. The maximum Gasteiger partial charge on any atom is 0.223 e. The van der Waals surface area contributed by atoms with Crippen molar-refractivity contribution in [2.24, 2.45) is 0 Å². The third-order valence-electron chi connectivity index (χ3n) is 3.26. The summed E-state index contributed by atoms with van der Waals surface area (Å²) < 4.78 is 0. The SMILES string of the molecule is N#Cc1cc(C#N)cc(CNc2ncc3c(n2)CNC3)c1. The van der Waals surface area contributed by atoms with E-state index in [1.165, 1.54) is 0 Å². The van der Waals surface area contributed by atoms with Crippen molar-refractivity contribution in [1.82, 2.24) is 15.3 Å². The number of fused-ring (bicyclic) bond motifs is 1. The molecule has 3 rings (SSSR count). The minimum absolute atomic E-state index is 0.469. The molecule has 2 heterocycles. The van der Waals surface area contributed by atoms with Gasteiger partial charge in [-0.25, -0.2) is 9.97 Å². The summed E-state index contributed by atoms with van der Waals surface area (Å²) in [6.07, 6.45) is 1.82. The van der Waals surface area contributed by atoms with Crippen LogP contribution in [0.25, 0.3) is 0 Å². The van der Waals surface area contributed by atoms with Gasteiger partial charge < -0.3 is 10.6 Å². The van der Waals surface area contributed by atoms with Crippen LogP contribution in [-0.2, 0) is 19.6 Å². The second kappa shape index (κ2) is 5.58. The van der Waals surface area contributed by atoms with Crippen molar-refractivity contribution in [1.29, 1.82) is 10.5 Å². The standard InChI is InChI=1S/C15H12N6/c16-4-10-1-11(5-17)3-12(2-10)6-19-15-20-8-13-7-18-9-14(13)21-15/h1-3,8,18H,6-7,9H2,(H,19,20,21). The van der Waals surface area contributed by atoms with E-state index in [2.05, 4.69) is 32.7 Å². The maximum absolute atomic E-state index is 8.96. The molecule has 1 aliphatic rings. The molecule has 0 fully saturated rings. The molecule has 0 saturated heterocycles. The maximum atomic E-state index is 8.96. The van der Waals surface area contributed by atoms with E-state index in [0.29, 0.717) is 23.6 Å².